The Morgan fingerprint density at radius 2 is 1.80 bits per heavy atom. The molecule has 2 fully saturated rings. The van der Waals surface area contributed by atoms with Gasteiger partial charge in [0.15, 0.2) is 5.96 Å². The normalized spacial score (nSPS) is 23.4. The van der Waals surface area contributed by atoms with Gasteiger partial charge in [0, 0.05) is 33.2 Å². The lowest BCUT2D eigenvalue weighted by Crippen LogP contribution is -2.39. The number of halogens is 1. The van der Waals surface area contributed by atoms with Gasteiger partial charge in [0.2, 0.25) is 0 Å². The Balaban J connectivity index is 0.00000225. The first-order valence-electron chi connectivity index (χ1n) is 9.34. The molecule has 1 heterocycles. The zero-order valence-electron chi connectivity index (χ0n) is 15.9. The second-order valence-corrected chi connectivity index (χ2v) is 7.67. The average Bonchev–Trinajstić information content (AvgIpc) is 2.99. The molecule has 5 heteroatoms. The molecular formula is C20H33IN4. The topological polar surface area (TPSA) is 30.9 Å². The number of benzene rings is 1. The first-order chi connectivity index (χ1) is 11.7. The van der Waals surface area contributed by atoms with Crippen LogP contribution in [0.4, 0.5) is 0 Å². The molecule has 1 N–H and O–H groups in total. The van der Waals surface area contributed by atoms with Crippen LogP contribution in [-0.4, -0.2) is 50.0 Å². The van der Waals surface area contributed by atoms with Crippen molar-refractivity contribution in [3.63, 3.8) is 0 Å². The third-order valence-electron chi connectivity index (χ3n) is 5.43. The number of likely N-dealkylation sites (tertiary alicyclic amines) is 1. The molecule has 0 amide bonds. The molecule has 140 valence electrons. The van der Waals surface area contributed by atoms with Gasteiger partial charge in [-0.2, -0.15) is 0 Å². The lowest BCUT2D eigenvalue weighted by molar-refractivity contribution is 0.299. The van der Waals surface area contributed by atoms with Gasteiger partial charge in [-0.3, -0.25) is 4.99 Å². The van der Waals surface area contributed by atoms with Gasteiger partial charge >= 0.3 is 0 Å². The minimum atomic E-state index is 0. The minimum Gasteiger partial charge on any atom is -0.352 e. The molecule has 1 saturated carbocycles. The maximum absolute atomic E-state index is 4.54. The van der Waals surface area contributed by atoms with E-state index in [1.165, 1.54) is 49.9 Å². The molecule has 1 saturated heterocycles. The van der Waals surface area contributed by atoms with Crippen molar-refractivity contribution < 1.29 is 0 Å². The van der Waals surface area contributed by atoms with E-state index >= 15 is 0 Å². The van der Waals surface area contributed by atoms with Crippen molar-refractivity contribution in [1.29, 1.82) is 0 Å². The molecule has 25 heavy (non-hydrogen) atoms. The largest absolute Gasteiger partial charge is 0.352 e. The van der Waals surface area contributed by atoms with Crippen LogP contribution < -0.4 is 5.32 Å². The highest BCUT2D eigenvalue weighted by atomic mass is 127. The average molecular weight is 456 g/mol. The summed E-state index contributed by atoms with van der Waals surface area (Å²) in [5.41, 5.74) is 2.69. The molecule has 2 unspecified atom stereocenters. The van der Waals surface area contributed by atoms with Crippen LogP contribution in [0, 0.1) is 11.8 Å². The van der Waals surface area contributed by atoms with Gasteiger partial charge in [-0.15, -0.1) is 24.0 Å². The molecule has 1 aliphatic carbocycles. The van der Waals surface area contributed by atoms with Gasteiger partial charge in [-0.25, -0.2) is 0 Å². The molecule has 0 radical (unpaired) electrons. The van der Waals surface area contributed by atoms with E-state index in [1.54, 1.807) is 0 Å². The number of nitrogens with zero attached hydrogens (tertiary/aromatic N) is 3. The van der Waals surface area contributed by atoms with Crippen molar-refractivity contribution in [2.45, 2.75) is 38.8 Å². The number of rotatable bonds is 4. The monoisotopic (exact) mass is 456 g/mol. The molecule has 0 aromatic heterocycles. The maximum atomic E-state index is 4.54. The van der Waals surface area contributed by atoms with E-state index in [9.17, 15) is 0 Å². The van der Waals surface area contributed by atoms with Crippen molar-refractivity contribution in [3.8, 4) is 0 Å². The van der Waals surface area contributed by atoms with Gasteiger partial charge < -0.3 is 15.1 Å². The molecule has 3 rings (SSSR count). The Morgan fingerprint density at radius 1 is 1.16 bits per heavy atom. The summed E-state index contributed by atoms with van der Waals surface area (Å²) < 4.78 is 0. The fraction of sp³-hybridized carbons (Fsp3) is 0.650. The summed E-state index contributed by atoms with van der Waals surface area (Å²) in [6.45, 7) is 4.20. The van der Waals surface area contributed by atoms with Gasteiger partial charge in [-0.1, -0.05) is 37.1 Å². The van der Waals surface area contributed by atoms with E-state index in [2.05, 4.69) is 58.5 Å². The number of aliphatic imine (C=N–C) groups is 1. The second-order valence-electron chi connectivity index (χ2n) is 7.67. The third-order valence-corrected chi connectivity index (χ3v) is 5.43. The van der Waals surface area contributed by atoms with Crippen molar-refractivity contribution in [2.75, 3.05) is 34.2 Å². The first kappa shape index (κ1) is 20.5. The van der Waals surface area contributed by atoms with E-state index < -0.39 is 0 Å². The van der Waals surface area contributed by atoms with Crippen LogP contribution in [-0.2, 0) is 13.1 Å². The molecule has 0 bridgehead atoms. The smallest absolute Gasteiger partial charge is 0.193 e. The fourth-order valence-electron chi connectivity index (χ4n) is 4.30. The predicted molar refractivity (Wildman–Crippen MR) is 116 cm³/mol. The number of nitrogens with one attached hydrogen (secondary N) is 1. The zero-order chi connectivity index (χ0) is 16.9. The van der Waals surface area contributed by atoms with E-state index in [0.717, 1.165) is 30.9 Å². The van der Waals surface area contributed by atoms with E-state index in [4.69, 9.17) is 0 Å². The lowest BCUT2D eigenvalue weighted by Gasteiger charge is -2.22. The Kier molecular flexibility index (Phi) is 8.00. The number of hydrogen-bond acceptors (Lipinski definition) is 2. The quantitative estimate of drug-likeness (QED) is 0.427. The van der Waals surface area contributed by atoms with Crippen LogP contribution in [0.3, 0.4) is 0 Å². The van der Waals surface area contributed by atoms with Crippen LogP contribution in [0.25, 0.3) is 0 Å². The molecule has 0 spiro atoms. The summed E-state index contributed by atoms with van der Waals surface area (Å²) in [4.78, 5) is 9.22. The Bertz CT molecular complexity index is 559. The SMILES string of the molecule is CN=C(NCc1cccc(CN(C)C)c1)N1CC2CCCCC2C1.I. The molecule has 2 aliphatic rings. The highest BCUT2D eigenvalue weighted by molar-refractivity contribution is 14.0. The molecule has 4 nitrogen and oxygen atoms in total. The molecule has 2 atom stereocenters. The number of guanidine groups is 1. The van der Waals surface area contributed by atoms with Crippen LogP contribution in [0.1, 0.15) is 36.8 Å². The van der Waals surface area contributed by atoms with Crippen LogP contribution in [0.5, 0.6) is 0 Å². The van der Waals surface area contributed by atoms with Crippen molar-refractivity contribution in [1.82, 2.24) is 15.1 Å². The van der Waals surface area contributed by atoms with Gasteiger partial charge in [-0.05, 0) is 49.9 Å². The summed E-state index contributed by atoms with van der Waals surface area (Å²) >= 11 is 0. The van der Waals surface area contributed by atoms with E-state index in [0.29, 0.717) is 0 Å². The van der Waals surface area contributed by atoms with Crippen molar-refractivity contribution in [3.05, 3.63) is 35.4 Å². The van der Waals surface area contributed by atoms with Crippen LogP contribution in [0.15, 0.2) is 29.3 Å². The zero-order valence-corrected chi connectivity index (χ0v) is 18.2. The number of hydrogen-bond donors (Lipinski definition) is 1. The summed E-state index contributed by atoms with van der Waals surface area (Å²) in [5.74, 6) is 2.85. The second kappa shape index (κ2) is 9.76. The van der Waals surface area contributed by atoms with Gasteiger partial charge in [0.05, 0.1) is 0 Å². The lowest BCUT2D eigenvalue weighted by atomic mass is 9.82. The van der Waals surface area contributed by atoms with Crippen LogP contribution >= 0.6 is 24.0 Å². The summed E-state index contributed by atoms with van der Waals surface area (Å²) in [6.07, 6.45) is 5.65. The van der Waals surface area contributed by atoms with Gasteiger partial charge in [0.1, 0.15) is 0 Å². The van der Waals surface area contributed by atoms with E-state index in [1.807, 2.05) is 7.05 Å². The number of fused-ring (bicyclic) bond motifs is 1. The summed E-state index contributed by atoms with van der Waals surface area (Å²) in [5, 5.41) is 3.58. The summed E-state index contributed by atoms with van der Waals surface area (Å²) in [7, 11) is 6.13. The molecule has 1 aromatic rings. The first-order valence-corrected chi connectivity index (χ1v) is 9.34. The molecule has 1 aromatic carbocycles. The summed E-state index contributed by atoms with van der Waals surface area (Å²) in [6, 6.07) is 8.85. The van der Waals surface area contributed by atoms with E-state index in [-0.39, 0.29) is 24.0 Å². The minimum absolute atomic E-state index is 0. The fourth-order valence-corrected chi connectivity index (χ4v) is 4.30. The Morgan fingerprint density at radius 3 is 2.40 bits per heavy atom. The highest BCUT2D eigenvalue weighted by Crippen LogP contribution is 2.35. The Labute approximate surface area is 170 Å². The van der Waals surface area contributed by atoms with Crippen LogP contribution in [0.2, 0.25) is 0 Å². The predicted octanol–water partition coefficient (Wildman–Crippen LogP) is 3.56. The molecule has 1 aliphatic heterocycles. The Hall–Kier alpha value is -0.820. The highest BCUT2D eigenvalue weighted by Gasteiger charge is 2.35. The maximum Gasteiger partial charge on any atom is 0.193 e. The standard InChI is InChI=1S/C20H32N4.HI/c1-21-20(24-14-18-9-4-5-10-19(18)15-24)22-12-16-7-6-8-17(11-16)13-23(2)3;/h6-8,11,18-19H,4-5,9-10,12-15H2,1-3H3,(H,21,22);1H. The third kappa shape index (κ3) is 5.58. The van der Waals surface area contributed by atoms with Gasteiger partial charge in [0.25, 0.3) is 0 Å². The van der Waals surface area contributed by atoms with Crippen molar-refractivity contribution >= 4 is 29.9 Å². The van der Waals surface area contributed by atoms with Crippen molar-refractivity contribution in [2.24, 2.45) is 16.8 Å². The molecular weight excluding hydrogens is 423 g/mol.